The van der Waals surface area contributed by atoms with Gasteiger partial charge in [-0.3, -0.25) is 14.6 Å². The number of amides is 1. The summed E-state index contributed by atoms with van der Waals surface area (Å²) in [6.45, 7) is 7.19. The van der Waals surface area contributed by atoms with E-state index in [4.69, 9.17) is 4.74 Å². The van der Waals surface area contributed by atoms with Crippen molar-refractivity contribution in [2.45, 2.75) is 46.6 Å². The molecule has 0 saturated carbocycles. The second kappa shape index (κ2) is 9.92. The van der Waals surface area contributed by atoms with Crippen molar-refractivity contribution in [3.8, 4) is 0 Å². The highest BCUT2D eigenvalue weighted by atomic mass is 16.5. The normalized spacial score (nSPS) is 10.5. The number of nitrogens with zero attached hydrogens (tertiary/aromatic N) is 2. The van der Waals surface area contributed by atoms with Gasteiger partial charge < -0.3 is 9.64 Å². The predicted octanol–water partition coefficient (Wildman–Crippen LogP) is 2.80. The summed E-state index contributed by atoms with van der Waals surface area (Å²) in [6.07, 6.45) is 5.02. The van der Waals surface area contributed by atoms with Gasteiger partial charge in [-0.05, 0) is 30.9 Å². The van der Waals surface area contributed by atoms with Crippen molar-refractivity contribution in [3.05, 3.63) is 30.1 Å². The quantitative estimate of drug-likeness (QED) is 0.658. The highest BCUT2D eigenvalue weighted by molar-refractivity contribution is 5.77. The Balaban J connectivity index is 2.63. The Labute approximate surface area is 132 Å². The number of ether oxygens (including phenoxy) is 1. The van der Waals surface area contributed by atoms with Gasteiger partial charge in [0.05, 0.1) is 13.0 Å². The first kappa shape index (κ1) is 18.1. The van der Waals surface area contributed by atoms with Crippen LogP contribution in [0, 0.1) is 5.92 Å². The fraction of sp³-hybridized carbons (Fsp3) is 0.588. The van der Waals surface area contributed by atoms with Gasteiger partial charge in [-0.1, -0.05) is 19.9 Å². The van der Waals surface area contributed by atoms with E-state index in [9.17, 15) is 9.59 Å². The van der Waals surface area contributed by atoms with Crippen LogP contribution >= 0.6 is 0 Å². The van der Waals surface area contributed by atoms with Crippen LogP contribution < -0.4 is 0 Å². The maximum atomic E-state index is 12.4. The fourth-order valence-corrected chi connectivity index (χ4v) is 2.03. The molecule has 0 N–H and O–H groups in total. The lowest BCUT2D eigenvalue weighted by Gasteiger charge is -2.23. The number of aromatic nitrogens is 1. The molecule has 0 bridgehead atoms. The zero-order valence-electron chi connectivity index (χ0n) is 13.7. The van der Waals surface area contributed by atoms with Gasteiger partial charge in [-0.2, -0.15) is 0 Å². The molecule has 1 rings (SSSR count). The number of hydrogen-bond acceptors (Lipinski definition) is 4. The smallest absolute Gasteiger partial charge is 0.307 e. The summed E-state index contributed by atoms with van der Waals surface area (Å²) in [6, 6.07) is 3.78. The van der Waals surface area contributed by atoms with Crippen molar-refractivity contribution in [2.75, 3.05) is 13.2 Å². The van der Waals surface area contributed by atoms with Crippen molar-refractivity contribution in [2.24, 2.45) is 5.92 Å². The lowest BCUT2D eigenvalue weighted by molar-refractivity contribution is -0.144. The third-order valence-corrected chi connectivity index (χ3v) is 3.28. The minimum absolute atomic E-state index is 0.0712. The SMILES string of the molecule is CCOC(=O)CCN(Cc1cccnc1)C(=O)CCC(C)C. The average molecular weight is 306 g/mol. The molecular weight excluding hydrogens is 280 g/mol. The van der Waals surface area contributed by atoms with Crippen molar-refractivity contribution in [1.82, 2.24) is 9.88 Å². The zero-order valence-corrected chi connectivity index (χ0v) is 13.7. The maximum Gasteiger partial charge on any atom is 0.307 e. The Morgan fingerprint density at radius 1 is 1.32 bits per heavy atom. The predicted molar refractivity (Wildman–Crippen MR) is 85.0 cm³/mol. The van der Waals surface area contributed by atoms with Crippen LogP contribution in [0.3, 0.4) is 0 Å². The monoisotopic (exact) mass is 306 g/mol. The van der Waals surface area contributed by atoms with Crippen LogP contribution in [0.2, 0.25) is 0 Å². The Morgan fingerprint density at radius 2 is 2.09 bits per heavy atom. The summed E-state index contributed by atoms with van der Waals surface area (Å²) in [5.74, 6) is 0.284. The van der Waals surface area contributed by atoms with Gasteiger partial charge in [0.1, 0.15) is 0 Å². The molecule has 0 aliphatic rings. The Kier molecular flexibility index (Phi) is 8.18. The molecule has 0 atom stereocenters. The number of rotatable bonds is 9. The minimum atomic E-state index is -0.268. The Bertz CT molecular complexity index is 460. The fourth-order valence-electron chi connectivity index (χ4n) is 2.03. The molecular formula is C17H26N2O3. The molecule has 22 heavy (non-hydrogen) atoms. The molecule has 122 valence electrons. The third kappa shape index (κ3) is 7.20. The van der Waals surface area contributed by atoms with E-state index in [-0.39, 0.29) is 18.3 Å². The van der Waals surface area contributed by atoms with Crippen molar-refractivity contribution in [1.29, 1.82) is 0 Å². The lowest BCUT2D eigenvalue weighted by Crippen LogP contribution is -2.33. The molecule has 0 spiro atoms. The van der Waals surface area contributed by atoms with E-state index in [2.05, 4.69) is 18.8 Å². The second-order valence-corrected chi connectivity index (χ2v) is 5.66. The van der Waals surface area contributed by atoms with E-state index >= 15 is 0 Å². The molecule has 0 radical (unpaired) electrons. The summed E-state index contributed by atoms with van der Waals surface area (Å²) >= 11 is 0. The molecule has 0 unspecified atom stereocenters. The van der Waals surface area contributed by atoms with Crippen LogP contribution in [-0.2, 0) is 20.9 Å². The minimum Gasteiger partial charge on any atom is -0.466 e. The van der Waals surface area contributed by atoms with Crippen LogP contribution in [-0.4, -0.2) is 34.9 Å². The first-order valence-electron chi connectivity index (χ1n) is 7.85. The average Bonchev–Trinajstić information content (AvgIpc) is 2.50. The molecule has 0 aliphatic heterocycles. The first-order chi connectivity index (χ1) is 10.5. The lowest BCUT2D eigenvalue weighted by atomic mass is 10.1. The van der Waals surface area contributed by atoms with Crippen molar-refractivity contribution >= 4 is 11.9 Å². The number of carbonyl (C=O) groups is 2. The summed E-state index contributed by atoms with van der Waals surface area (Å²) in [5, 5.41) is 0. The van der Waals surface area contributed by atoms with E-state index in [1.54, 1.807) is 24.2 Å². The topological polar surface area (TPSA) is 59.5 Å². The van der Waals surface area contributed by atoms with Crippen molar-refractivity contribution in [3.63, 3.8) is 0 Å². The summed E-state index contributed by atoms with van der Waals surface area (Å²) < 4.78 is 4.93. The van der Waals surface area contributed by atoms with Crippen LogP contribution in [0.15, 0.2) is 24.5 Å². The third-order valence-electron chi connectivity index (χ3n) is 3.28. The maximum absolute atomic E-state index is 12.4. The molecule has 0 aromatic carbocycles. The van der Waals surface area contributed by atoms with Gasteiger partial charge in [0, 0.05) is 31.9 Å². The van der Waals surface area contributed by atoms with Gasteiger partial charge in [0.2, 0.25) is 5.91 Å². The summed E-state index contributed by atoms with van der Waals surface area (Å²) in [7, 11) is 0. The van der Waals surface area contributed by atoms with Gasteiger partial charge in [0.25, 0.3) is 0 Å². The van der Waals surface area contributed by atoms with Crippen LogP contribution in [0.1, 0.15) is 45.6 Å². The van der Waals surface area contributed by atoms with Crippen LogP contribution in [0.5, 0.6) is 0 Å². The van der Waals surface area contributed by atoms with E-state index in [0.29, 0.717) is 32.0 Å². The first-order valence-corrected chi connectivity index (χ1v) is 7.85. The molecule has 0 aliphatic carbocycles. The van der Waals surface area contributed by atoms with Gasteiger partial charge >= 0.3 is 5.97 Å². The zero-order chi connectivity index (χ0) is 16.4. The molecule has 1 aromatic heterocycles. The molecule has 1 heterocycles. The van der Waals surface area contributed by atoms with Crippen LogP contribution in [0.25, 0.3) is 0 Å². The van der Waals surface area contributed by atoms with Crippen molar-refractivity contribution < 1.29 is 14.3 Å². The van der Waals surface area contributed by atoms with E-state index in [1.807, 2.05) is 12.1 Å². The standard InChI is InChI=1S/C17H26N2O3/c1-4-22-17(21)9-11-19(16(20)8-7-14(2)3)13-15-6-5-10-18-12-15/h5-6,10,12,14H,4,7-9,11,13H2,1-3H3. The van der Waals surface area contributed by atoms with Gasteiger partial charge in [-0.25, -0.2) is 0 Å². The largest absolute Gasteiger partial charge is 0.466 e. The molecule has 5 nitrogen and oxygen atoms in total. The molecule has 5 heteroatoms. The molecule has 0 saturated heterocycles. The highest BCUT2D eigenvalue weighted by Crippen LogP contribution is 2.10. The van der Waals surface area contributed by atoms with E-state index in [0.717, 1.165) is 12.0 Å². The molecule has 1 aromatic rings. The highest BCUT2D eigenvalue weighted by Gasteiger charge is 2.16. The number of esters is 1. The number of hydrogen-bond donors (Lipinski definition) is 0. The number of pyridine rings is 1. The van der Waals surface area contributed by atoms with Gasteiger partial charge in [-0.15, -0.1) is 0 Å². The van der Waals surface area contributed by atoms with Gasteiger partial charge in [0.15, 0.2) is 0 Å². The number of carbonyl (C=O) groups excluding carboxylic acids is 2. The summed E-state index contributed by atoms with van der Waals surface area (Å²) in [5.41, 5.74) is 0.962. The van der Waals surface area contributed by atoms with Crippen LogP contribution in [0.4, 0.5) is 0 Å². The van der Waals surface area contributed by atoms with E-state index in [1.165, 1.54) is 0 Å². The molecule has 1 amide bonds. The Hall–Kier alpha value is -1.91. The Morgan fingerprint density at radius 3 is 2.68 bits per heavy atom. The van der Waals surface area contributed by atoms with E-state index < -0.39 is 0 Å². The molecule has 0 fully saturated rings. The summed E-state index contributed by atoms with van der Waals surface area (Å²) in [4.78, 5) is 29.7. The second-order valence-electron chi connectivity index (χ2n) is 5.66.